The summed E-state index contributed by atoms with van der Waals surface area (Å²) in [6.07, 6.45) is -7.58. The van der Waals surface area contributed by atoms with Crippen molar-refractivity contribution in [1.82, 2.24) is 71.4 Å². The number of cyclic esters (lactones) is 2. The van der Waals surface area contributed by atoms with Gasteiger partial charge in [-0.05, 0) is 66.4 Å². The van der Waals surface area contributed by atoms with Crippen molar-refractivity contribution in [2.75, 3.05) is 54.2 Å². The first-order chi connectivity index (χ1) is 49.7. The number of hydrogen-bond donors (Lipinski definition) is 11. The van der Waals surface area contributed by atoms with Crippen molar-refractivity contribution in [2.45, 2.75) is 121 Å². The number of aliphatic hydroxyl groups is 3. The van der Waals surface area contributed by atoms with Gasteiger partial charge >= 0.3 is 11.9 Å². The Labute approximate surface area is 610 Å². The van der Waals surface area contributed by atoms with Crippen LogP contribution in [-0.4, -0.2) is 221 Å². The fraction of sp³-hybridized carbons (Fsp3) is 0.415. The van der Waals surface area contributed by atoms with Crippen LogP contribution in [0.4, 0.5) is 0 Å². The number of nitrogens with one attached hydrogen (secondary N) is 6. The maximum absolute atomic E-state index is 15.2. The van der Waals surface area contributed by atoms with E-state index in [-0.39, 0.29) is 131 Å². The second-order valence-corrected chi connectivity index (χ2v) is 29.2. The molecule has 39 heteroatoms. The lowest BCUT2D eigenvalue weighted by atomic mass is 9.85. The molecule has 34 nitrogen and oxygen atoms in total. The molecule has 4 aliphatic rings. The van der Waals surface area contributed by atoms with Crippen molar-refractivity contribution < 1.29 is 97.1 Å². The van der Waals surface area contributed by atoms with Crippen LogP contribution in [-0.2, 0) is 60.8 Å². The van der Waals surface area contributed by atoms with E-state index in [2.05, 4.69) is 46.9 Å². The summed E-state index contributed by atoms with van der Waals surface area (Å²) in [6, 6.07) is -0.413. The molecule has 12 rings (SSSR count). The van der Waals surface area contributed by atoms with Crippen LogP contribution in [0.25, 0.3) is 49.3 Å². The van der Waals surface area contributed by atoms with Gasteiger partial charge in [-0.15, -0.1) is 56.7 Å². The summed E-state index contributed by atoms with van der Waals surface area (Å²) in [5.74, 6) is -7.71. The molecule has 12 bridgehead atoms. The highest BCUT2D eigenvalue weighted by molar-refractivity contribution is 7.14. The van der Waals surface area contributed by atoms with Crippen molar-refractivity contribution in [3.05, 3.63) is 112 Å². The van der Waals surface area contributed by atoms with Crippen molar-refractivity contribution in [3.63, 3.8) is 0 Å². The van der Waals surface area contributed by atoms with E-state index >= 15 is 19.2 Å². The monoisotopic (exact) mass is 1530 g/mol. The van der Waals surface area contributed by atoms with Crippen LogP contribution in [0.3, 0.4) is 0 Å². The van der Waals surface area contributed by atoms with E-state index in [4.69, 9.17) is 53.2 Å². The number of hydrogen-bond acceptors (Lipinski definition) is 32. The van der Waals surface area contributed by atoms with Gasteiger partial charge in [0, 0.05) is 56.4 Å². The van der Waals surface area contributed by atoms with Crippen molar-refractivity contribution in [2.24, 2.45) is 0 Å². The summed E-state index contributed by atoms with van der Waals surface area (Å²) in [5, 5.41) is 79.7. The fourth-order valence-electron chi connectivity index (χ4n) is 12.4. The highest BCUT2D eigenvalue weighted by Gasteiger charge is 2.50. The number of thiazole rings is 5. The minimum Gasteiger partial charge on any atom is -0.506 e. The van der Waals surface area contributed by atoms with Gasteiger partial charge in [0.15, 0.2) is 18.1 Å². The Hall–Kier alpha value is -9.36. The number of carbonyl (C=O) groups is 8. The summed E-state index contributed by atoms with van der Waals surface area (Å²) in [5.41, 5.74) is -2.80. The lowest BCUT2D eigenvalue weighted by Gasteiger charge is -2.48. The number of nitrogens with zero attached hydrogens (tertiary/aromatic N) is 8. The molecule has 8 aromatic rings. The van der Waals surface area contributed by atoms with Gasteiger partial charge in [0.05, 0.1) is 62.9 Å². The number of aliphatic hydroxyl groups excluding tert-OH is 2. The Morgan fingerprint density at radius 3 is 2.25 bits per heavy atom. The topological polar surface area (TPSA) is 460 Å². The van der Waals surface area contributed by atoms with E-state index in [1.807, 2.05) is 0 Å². The first-order valence-electron chi connectivity index (χ1n) is 32.2. The third-order valence-electron chi connectivity index (χ3n) is 17.3. The maximum atomic E-state index is 15.2. The molecule has 104 heavy (non-hydrogen) atoms. The largest absolute Gasteiger partial charge is 0.506 e. The molecule has 11 heterocycles. The predicted octanol–water partition coefficient (Wildman–Crippen LogP) is 3.41. The number of ether oxygens (including phenoxy) is 7. The van der Waals surface area contributed by atoms with Crippen LogP contribution >= 0.6 is 56.7 Å². The maximum Gasteiger partial charge on any atom is 0.358 e. The Balaban J connectivity index is 1.00. The Morgan fingerprint density at radius 2 is 1.52 bits per heavy atom. The zero-order chi connectivity index (χ0) is 74.2. The van der Waals surface area contributed by atoms with E-state index in [0.717, 1.165) is 56.7 Å². The van der Waals surface area contributed by atoms with Gasteiger partial charge in [-0.25, -0.2) is 39.5 Å². The summed E-state index contributed by atoms with van der Waals surface area (Å²) in [4.78, 5) is 146. The van der Waals surface area contributed by atoms with Crippen LogP contribution in [0, 0.1) is 0 Å². The van der Waals surface area contributed by atoms with E-state index < -0.39 is 145 Å². The highest BCUT2D eigenvalue weighted by Crippen LogP contribution is 2.43. The number of amides is 6. The van der Waals surface area contributed by atoms with Crippen LogP contribution in [0.15, 0.2) is 56.9 Å². The average Bonchev–Trinajstić information content (AvgIpc) is 1.49. The summed E-state index contributed by atoms with van der Waals surface area (Å²) >= 11 is 4.50. The minimum absolute atomic E-state index is 0.00810. The number of rotatable bonds is 14. The molecule has 0 aliphatic carbocycles. The molecule has 4 aliphatic heterocycles. The number of benzene rings is 1. The Morgan fingerprint density at radius 1 is 0.837 bits per heavy atom. The molecular formula is C65H70N14O20S5. The third kappa shape index (κ3) is 15.4. The molecule has 0 spiro atoms. The van der Waals surface area contributed by atoms with Gasteiger partial charge in [0.1, 0.15) is 126 Å². The lowest BCUT2D eigenvalue weighted by Crippen LogP contribution is -2.62. The zero-order valence-electron chi connectivity index (χ0n) is 56.6. The van der Waals surface area contributed by atoms with Gasteiger partial charge in [-0.1, -0.05) is 12.1 Å². The van der Waals surface area contributed by atoms with Gasteiger partial charge in [0.2, 0.25) is 11.8 Å². The standard InChI is InChI=1S/C65H70N14O20S5/c1-26(52(83)66-12-14-94-15-13-80)67-53(84)35-23-103-61(72-35)46-40(82)16-31-45(74-46)34-21-101-59(69-34)33-20-97-63(89)48-32-19-95-49(50(99-41-17-65(5,91)51(78(6)7)29(4)98-41)64(90)96-18-30-10-9-11-39(42(30)32)79(48)92)47(62-73-36(24-104-62)54(85)68-33)77-56(87)38-25-102-60(71-38)44(28(3)93-8)76-57(88)43(27(2)81)75-55(86)37-22-100-58(31)70-37/h9-11,16,21-27,29,33,41,43,47,49-51,80-82,91-92H,12-15,17-20H2,1-8H3,(H,66,83)(H,67,84)(H,68,85)(H,75,86)(H,76,88)(H,77,87)/b44-28+/t26-,27+,29-,33-,41-,43-,47-,49-,50-,51+,65-/m0/s1. The Bertz CT molecular complexity index is 4670. The van der Waals surface area contributed by atoms with Gasteiger partial charge < -0.3 is 95.6 Å². The Kier molecular flexibility index (Phi) is 22.3. The zero-order valence-corrected chi connectivity index (χ0v) is 60.7. The number of allylic oxidation sites excluding steroid dienone is 1. The number of aromatic nitrogens is 7. The fourth-order valence-corrected chi connectivity index (χ4v) is 16.6. The number of esters is 2. The molecule has 0 saturated carbocycles. The molecular weight excluding hydrogens is 1460 g/mol. The molecule has 1 aromatic carbocycles. The van der Waals surface area contributed by atoms with Crippen molar-refractivity contribution in [3.8, 4) is 38.4 Å². The number of carbonyl (C=O) groups excluding carboxylic acids is 8. The van der Waals surface area contributed by atoms with Gasteiger partial charge in [-0.2, -0.15) is 4.73 Å². The normalized spacial score (nSPS) is 23.7. The average molecular weight is 1530 g/mol. The number of likely N-dealkylation sites (N-methyl/N-ethyl adjacent to an activating group) is 1. The van der Waals surface area contributed by atoms with Crippen LogP contribution in [0.2, 0.25) is 0 Å². The number of aromatic hydroxyl groups is 1. The predicted molar refractivity (Wildman–Crippen MR) is 372 cm³/mol. The van der Waals surface area contributed by atoms with Crippen molar-refractivity contribution >= 4 is 121 Å². The number of fused-ring (bicyclic) bond motifs is 15. The van der Waals surface area contributed by atoms with Crippen LogP contribution in [0.1, 0.15) is 132 Å². The summed E-state index contributed by atoms with van der Waals surface area (Å²) in [6.45, 7) is 5.77. The lowest BCUT2D eigenvalue weighted by molar-refractivity contribution is -0.280. The molecule has 550 valence electrons. The molecule has 7 aromatic heterocycles. The van der Waals surface area contributed by atoms with Crippen LogP contribution < -0.4 is 31.9 Å². The second kappa shape index (κ2) is 31.1. The van der Waals surface area contributed by atoms with E-state index in [1.54, 1.807) is 45.0 Å². The smallest absolute Gasteiger partial charge is 0.358 e. The second-order valence-electron chi connectivity index (χ2n) is 24.9. The molecule has 11 atom stereocenters. The SMILES string of the molecule is CO/C(C)=C1/NC(=O)[C@H]([C@@H](C)O)NC(=O)c2csc(n2)-c2cc(O)c(-c3nc(C(=O)N[C@@H](C)C(=O)NCCOCCO)cs3)nc2-c2csc(n2)[C@@H]2COC(=O)c3c4c5c(cccc5n3O)COC(=O)[C@@H](O[C@H]3C[C@](C)(O)[C@H](N(C)C)[C@H](C)O3)[C@@H](OC4)[C@H](NC(=O)c3csc1n3)c1nc(cs1)C(=O)N2. The first-order valence-corrected chi connectivity index (χ1v) is 36.6. The quantitative estimate of drug-likeness (QED) is 0.0321. The highest BCUT2D eigenvalue weighted by atomic mass is 32.1. The molecule has 1 saturated heterocycles. The number of methoxy groups -OCH3 is 1. The summed E-state index contributed by atoms with van der Waals surface area (Å²) < 4.78 is 43.5. The molecule has 1 fully saturated rings. The minimum atomic E-state index is -1.92. The van der Waals surface area contributed by atoms with E-state index in [9.17, 15) is 39.7 Å². The molecule has 6 amide bonds. The molecule has 0 radical (unpaired) electrons. The first kappa shape index (κ1) is 74.4. The molecule has 11 N–H and O–H groups in total. The van der Waals surface area contributed by atoms with Gasteiger partial charge in [-0.3, -0.25) is 28.8 Å². The van der Waals surface area contributed by atoms with E-state index in [0.29, 0.717) is 10.3 Å². The molecule has 0 unspecified atom stereocenters. The van der Waals surface area contributed by atoms with Crippen LogP contribution in [0.5, 0.6) is 5.75 Å². The summed E-state index contributed by atoms with van der Waals surface area (Å²) in [7, 11) is 4.84. The van der Waals surface area contributed by atoms with Crippen molar-refractivity contribution in [1.29, 1.82) is 0 Å². The third-order valence-corrected chi connectivity index (χ3v) is 21.7. The number of pyridine rings is 1. The van der Waals surface area contributed by atoms with Gasteiger partial charge in [0.25, 0.3) is 23.6 Å². The van der Waals surface area contributed by atoms with E-state index in [1.165, 1.54) is 66.9 Å².